The molecule has 0 bridgehead atoms. The third-order valence-corrected chi connectivity index (χ3v) is 2.65. The monoisotopic (exact) mass is 259 g/mol. The standard InChI is InChI=1S/C13H25NO4/c1-13(2,10-16-3)18-12(15)14-7-4-8-17-9-11-5-6-11/h11H,4-10H2,1-3H3,(H,14,15). The Morgan fingerprint density at radius 3 is 2.72 bits per heavy atom. The molecule has 0 saturated heterocycles. The van der Waals surface area contributed by atoms with E-state index in [0.29, 0.717) is 19.8 Å². The lowest BCUT2D eigenvalue weighted by molar-refractivity contribution is -0.0184. The fourth-order valence-corrected chi connectivity index (χ4v) is 1.56. The van der Waals surface area contributed by atoms with Crippen molar-refractivity contribution in [2.75, 3.05) is 33.5 Å². The van der Waals surface area contributed by atoms with E-state index in [4.69, 9.17) is 14.2 Å². The summed E-state index contributed by atoms with van der Waals surface area (Å²) in [6.07, 6.45) is 3.02. The number of alkyl carbamates (subject to hydrolysis) is 1. The Hall–Kier alpha value is -0.810. The summed E-state index contributed by atoms with van der Waals surface area (Å²) in [5.41, 5.74) is -0.596. The lowest BCUT2D eigenvalue weighted by Crippen LogP contribution is -2.38. The molecule has 18 heavy (non-hydrogen) atoms. The van der Waals surface area contributed by atoms with Crippen molar-refractivity contribution in [2.24, 2.45) is 5.92 Å². The number of hydrogen-bond donors (Lipinski definition) is 1. The van der Waals surface area contributed by atoms with Crippen molar-refractivity contribution in [2.45, 2.75) is 38.7 Å². The first-order valence-corrected chi connectivity index (χ1v) is 6.57. The van der Waals surface area contributed by atoms with Crippen LogP contribution in [0.1, 0.15) is 33.1 Å². The van der Waals surface area contributed by atoms with Gasteiger partial charge in [0.05, 0.1) is 6.61 Å². The van der Waals surface area contributed by atoms with E-state index in [1.807, 2.05) is 13.8 Å². The second-order valence-electron chi connectivity index (χ2n) is 5.38. The van der Waals surface area contributed by atoms with E-state index in [1.54, 1.807) is 7.11 Å². The van der Waals surface area contributed by atoms with Crippen LogP contribution in [-0.2, 0) is 14.2 Å². The molecule has 0 aromatic rings. The number of hydrogen-bond acceptors (Lipinski definition) is 4. The van der Waals surface area contributed by atoms with Crippen LogP contribution in [0.3, 0.4) is 0 Å². The molecule has 1 N–H and O–H groups in total. The molecular formula is C13H25NO4. The number of nitrogens with one attached hydrogen (secondary N) is 1. The van der Waals surface area contributed by atoms with Gasteiger partial charge in [-0.25, -0.2) is 4.79 Å². The van der Waals surface area contributed by atoms with Crippen LogP contribution >= 0.6 is 0 Å². The smallest absolute Gasteiger partial charge is 0.407 e. The van der Waals surface area contributed by atoms with Crippen LogP contribution in [0.25, 0.3) is 0 Å². The average Bonchev–Trinajstić information content (AvgIpc) is 3.06. The number of ether oxygens (including phenoxy) is 3. The van der Waals surface area contributed by atoms with Gasteiger partial charge in [0.25, 0.3) is 0 Å². The molecule has 1 aliphatic carbocycles. The molecule has 0 atom stereocenters. The molecule has 0 heterocycles. The van der Waals surface area contributed by atoms with Gasteiger partial charge in [-0.3, -0.25) is 0 Å². The molecule has 5 heteroatoms. The molecular weight excluding hydrogens is 234 g/mol. The van der Waals surface area contributed by atoms with E-state index in [9.17, 15) is 4.79 Å². The molecule has 1 fully saturated rings. The van der Waals surface area contributed by atoms with Gasteiger partial charge in [-0.2, -0.15) is 0 Å². The molecule has 1 saturated carbocycles. The van der Waals surface area contributed by atoms with E-state index < -0.39 is 11.7 Å². The van der Waals surface area contributed by atoms with Gasteiger partial charge in [0.15, 0.2) is 0 Å². The van der Waals surface area contributed by atoms with Gasteiger partial charge in [0, 0.05) is 26.9 Å². The van der Waals surface area contributed by atoms with Crippen LogP contribution in [0, 0.1) is 5.92 Å². The molecule has 0 spiro atoms. The van der Waals surface area contributed by atoms with E-state index in [-0.39, 0.29) is 0 Å². The first kappa shape index (κ1) is 15.2. The molecule has 1 rings (SSSR count). The maximum atomic E-state index is 11.5. The largest absolute Gasteiger partial charge is 0.441 e. The van der Waals surface area contributed by atoms with Gasteiger partial charge in [0.2, 0.25) is 0 Å². The van der Waals surface area contributed by atoms with Gasteiger partial charge in [-0.15, -0.1) is 0 Å². The Labute approximate surface area is 109 Å². The highest BCUT2D eigenvalue weighted by atomic mass is 16.6. The zero-order valence-electron chi connectivity index (χ0n) is 11.7. The average molecular weight is 259 g/mol. The molecule has 0 aromatic heterocycles. The van der Waals surface area contributed by atoms with E-state index >= 15 is 0 Å². The van der Waals surface area contributed by atoms with E-state index in [1.165, 1.54) is 12.8 Å². The second kappa shape index (κ2) is 7.59. The Balaban J connectivity index is 1.95. The fourth-order valence-electron chi connectivity index (χ4n) is 1.56. The summed E-state index contributed by atoms with van der Waals surface area (Å²) in [5.74, 6) is 0.790. The summed E-state index contributed by atoms with van der Waals surface area (Å²) >= 11 is 0. The van der Waals surface area contributed by atoms with Gasteiger partial charge >= 0.3 is 6.09 Å². The third kappa shape index (κ3) is 7.50. The number of carbonyl (C=O) groups excluding carboxylic acids is 1. The number of rotatable bonds is 9. The van der Waals surface area contributed by atoms with Crippen molar-refractivity contribution in [3.63, 3.8) is 0 Å². The highest BCUT2D eigenvalue weighted by molar-refractivity contribution is 5.67. The minimum Gasteiger partial charge on any atom is -0.441 e. The zero-order valence-corrected chi connectivity index (χ0v) is 11.7. The van der Waals surface area contributed by atoms with Crippen LogP contribution in [0.2, 0.25) is 0 Å². The lowest BCUT2D eigenvalue weighted by Gasteiger charge is -2.24. The van der Waals surface area contributed by atoms with Gasteiger partial charge in [-0.05, 0) is 39.0 Å². The molecule has 1 aliphatic rings. The van der Waals surface area contributed by atoms with Gasteiger partial charge in [-0.1, -0.05) is 0 Å². The molecule has 0 unspecified atom stereocenters. The summed E-state index contributed by atoms with van der Waals surface area (Å²) in [4.78, 5) is 11.5. The van der Waals surface area contributed by atoms with Crippen LogP contribution in [0.5, 0.6) is 0 Å². The number of amides is 1. The summed E-state index contributed by atoms with van der Waals surface area (Å²) in [5, 5.41) is 2.70. The Morgan fingerprint density at radius 1 is 1.39 bits per heavy atom. The Kier molecular flexibility index (Phi) is 6.43. The predicted octanol–water partition coefficient (Wildman–Crippen LogP) is 1.95. The topological polar surface area (TPSA) is 56.8 Å². The molecule has 5 nitrogen and oxygen atoms in total. The summed E-state index contributed by atoms with van der Waals surface area (Å²) in [6, 6.07) is 0. The number of carbonyl (C=O) groups is 1. The van der Waals surface area contributed by atoms with Crippen LogP contribution < -0.4 is 5.32 Å². The van der Waals surface area contributed by atoms with E-state index in [2.05, 4.69) is 5.32 Å². The van der Waals surface area contributed by atoms with E-state index in [0.717, 1.165) is 18.9 Å². The summed E-state index contributed by atoms with van der Waals surface area (Å²) in [7, 11) is 1.58. The first-order valence-electron chi connectivity index (χ1n) is 6.57. The quantitative estimate of drug-likeness (QED) is 0.643. The lowest BCUT2D eigenvalue weighted by atomic mass is 10.1. The van der Waals surface area contributed by atoms with Crippen molar-refractivity contribution < 1.29 is 19.0 Å². The normalized spacial score (nSPS) is 15.5. The fraction of sp³-hybridized carbons (Fsp3) is 0.923. The van der Waals surface area contributed by atoms with Crippen molar-refractivity contribution >= 4 is 6.09 Å². The number of methoxy groups -OCH3 is 1. The minimum absolute atomic E-state index is 0.380. The zero-order chi connectivity index (χ0) is 13.4. The molecule has 0 aromatic carbocycles. The molecule has 106 valence electrons. The maximum Gasteiger partial charge on any atom is 0.407 e. The first-order chi connectivity index (χ1) is 8.53. The SMILES string of the molecule is COCC(C)(C)OC(=O)NCCCOCC1CC1. The highest BCUT2D eigenvalue weighted by Gasteiger charge is 2.22. The minimum atomic E-state index is -0.596. The van der Waals surface area contributed by atoms with Crippen molar-refractivity contribution in [3.8, 4) is 0 Å². The van der Waals surface area contributed by atoms with Crippen LogP contribution in [-0.4, -0.2) is 45.2 Å². The van der Waals surface area contributed by atoms with Gasteiger partial charge < -0.3 is 19.5 Å². The van der Waals surface area contributed by atoms with Crippen molar-refractivity contribution in [1.82, 2.24) is 5.32 Å². The second-order valence-corrected chi connectivity index (χ2v) is 5.38. The van der Waals surface area contributed by atoms with Crippen molar-refractivity contribution in [3.05, 3.63) is 0 Å². The summed E-state index contributed by atoms with van der Waals surface area (Å²) in [6.45, 7) is 6.14. The highest BCUT2D eigenvalue weighted by Crippen LogP contribution is 2.28. The van der Waals surface area contributed by atoms with Gasteiger partial charge in [0.1, 0.15) is 5.60 Å². The van der Waals surface area contributed by atoms with Crippen LogP contribution in [0.15, 0.2) is 0 Å². The Bertz CT molecular complexity index is 251. The molecule has 1 amide bonds. The van der Waals surface area contributed by atoms with Crippen LogP contribution in [0.4, 0.5) is 4.79 Å². The predicted molar refractivity (Wildman–Crippen MR) is 68.6 cm³/mol. The third-order valence-electron chi connectivity index (χ3n) is 2.65. The maximum absolute atomic E-state index is 11.5. The summed E-state index contributed by atoms with van der Waals surface area (Å²) < 4.78 is 15.7. The Morgan fingerprint density at radius 2 is 2.11 bits per heavy atom. The van der Waals surface area contributed by atoms with Crippen molar-refractivity contribution in [1.29, 1.82) is 0 Å². The molecule has 0 aliphatic heterocycles. The molecule has 0 radical (unpaired) electrons.